The van der Waals surface area contributed by atoms with E-state index in [1.165, 1.54) is 38.5 Å². The van der Waals surface area contributed by atoms with Gasteiger partial charge in [0, 0.05) is 11.6 Å². The summed E-state index contributed by atoms with van der Waals surface area (Å²) in [7, 11) is 3.31. The van der Waals surface area contributed by atoms with Gasteiger partial charge in [-0.25, -0.2) is 0 Å². The van der Waals surface area contributed by atoms with E-state index in [1.807, 2.05) is 18.2 Å². The van der Waals surface area contributed by atoms with Crippen molar-refractivity contribution in [1.82, 2.24) is 5.32 Å². The van der Waals surface area contributed by atoms with Crippen LogP contribution in [0.5, 0.6) is 11.5 Å². The third-order valence-electron chi connectivity index (χ3n) is 4.29. The van der Waals surface area contributed by atoms with Gasteiger partial charge in [0.2, 0.25) is 0 Å². The molecule has 118 valence electrons. The monoisotopic (exact) mass is 293 g/mol. The van der Waals surface area contributed by atoms with Gasteiger partial charge >= 0.3 is 0 Å². The summed E-state index contributed by atoms with van der Waals surface area (Å²) in [5.41, 5.74) is 0.962. The Balaban J connectivity index is 2.15. The second-order valence-corrected chi connectivity index (χ2v) is 5.70. The van der Waals surface area contributed by atoms with Gasteiger partial charge in [0.25, 0.3) is 0 Å². The molecular weight excluding hydrogens is 266 g/mol. The highest BCUT2D eigenvalue weighted by Gasteiger charge is 2.21. The standard InChI is InChI=1S/C17H27NO3/c1-20-14-9-10-17(21-2)15(11-14)16(12-19)18-13-7-5-3-4-6-8-13/h9-11,13,16,18-19H,3-8,12H2,1-2H3. The lowest BCUT2D eigenvalue weighted by molar-refractivity contribution is 0.224. The lowest BCUT2D eigenvalue weighted by atomic mass is 10.0. The van der Waals surface area contributed by atoms with Gasteiger partial charge in [0.1, 0.15) is 11.5 Å². The smallest absolute Gasteiger partial charge is 0.123 e. The van der Waals surface area contributed by atoms with Crippen LogP contribution in [-0.2, 0) is 0 Å². The van der Waals surface area contributed by atoms with Crippen molar-refractivity contribution >= 4 is 0 Å². The van der Waals surface area contributed by atoms with Crippen LogP contribution in [0.4, 0.5) is 0 Å². The number of rotatable bonds is 6. The summed E-state index contributed by atoms with van der Waals surface area (Å²) < 4.78 is 10.7. The molecule has 0 radical (unpaired) electrons. The Morgan fingerprint density at radius 3 is 2.43 bits per heavy atom. The summed E-state index contributed by atoms with van der Waals surface area (Å²) in [4.78, 5) is 0. The number of aliphatic hydroxyl groups is 1. The number of benzene rings is 1. The number of aliphatic hydroxyl groups excluding tert-OH is 1. The van der Waals surface area contributed by atoms with Crippen LogP contribution >= 0.6 is 0 Å². The number of methoxy groups -OCH3 is 2. The Kier molecular flexibility index (Phi) is 6.33. The molecule has 1 aromatic rings. The van der Waals surface area contributed by atoms with Crippen molar-refractivity contribution in [1.29, 1.82) is 0 Å². The zero-order valence-electron chi connectivity index (χ0n) is 13.1. The first kappa shape index (κ1) is 16.1. The summed E-state index contributed by atoms with van der Waals surface area (Å²) in [6.07, 6.45) is 7.55. The van der Waals surface area contributed by atoms with E-state index in [-0.39, 0.29) is 12.6 Å². The Bertz CT molecular complexity index is 428. The number of ether oxygens (including phenoxy) is 2. The summed E-state index contributed by atoms with van der Waals surface area (Å²) in [5.74, 6) is 1.57. The van der Waals surface area contributed by atoms with Crippen molar-refractivity contribution in [2.24, 2.45) is 0 Å². The van der Waals surface area contributed by atoms with Gasteiger partial charge in [-0.05, 0) is 31.0 Å². The lowest BCUT2D eigenvalue weighted by Crippen LogP contribution is -2.34. The van der Waals surface area contributed by atoms with Crippen molar-refractivity contribution in [2.45, 2.75) is 50.6 Å². The topological polar surface area (TPSA) is 50.7 Å². The van der Waals surface area contributed by atoms with Crippen molar-refractivity contribution < 1.29 is 14.6 Å². The molecule has 1 aromatic carbocycles. The van der Waals surface area contributed by atoms with Gasteiger partial charge in [-0.1, -0.05) is 25.7 Å². The van der Waals surface area contributed by atoms with Crippen LogP contribution in [0.15, 0.2) is 18.2 Å². The van der Waals surface area contributed by atoms with E-state index >= 15 is 0 Å². The molecule has 0 saturated heterocycles. The molecule has 1 atom stereocenters. The second-order valence-electron chi connectivity index (χ2n) is 5.70. The highest BCUT2D eigenvalue weighted by molar-refractivity contribution is 5.42. The van der Waals surface area contributed by atoms with E-state index in [9.17, 15) is 5.11 Å². The number of nitrogens with one attached hydrogen (secondary N) is 1. The highest BCUT2D eigenvalue weighted by atomic mass is 16.5. The van der Waals surface area contributed by atoms with Gasteiger partial charge in [0.05, 0.1) is 26.9 Å². The van der Waals surface area contributed by atoms with Gasteiger partial charge in [-0.2, -0.15) is 0 Å². The van der Waals surface area contributed by atoms with Crippen molar-refractivity contribution in [3.8, 4) is 11.5 Å². The summed E-state index contributed by atoms with van der Waals surface area (Å²) in [6, 6.07) is 6.08. The van der Waals surface area contributed by atoms with E-state index in [4.69, 9.17) is 9.47 Å². The fourth-order valence-corrected chi connectivity index (χ4v) is 3.08. The molecule has 4 nitrogen and oxygen atoms in total. The van der Waals surface area contributed by atoms with Crippen LogP contribution in [0.3, 0.4) is 0 Å². The lowest BCUT2D eigenvalue weighted by Gasteiger charge is -2.25. The summed E-state index contributed by atoms with van der Waals surface area (Å²) in [6.45, 7) is 0.0556. The Morgan fingerprint density at radius 2 is 1.86 bits per heavy atom. The average Bonchev–Trinajstić information content (AvgIpc) is 2.80. The van der Waals surface area contributed by atoms with Crippen LogP contribution in [0.25, 0.3) is 0 Å². The van der Waals surface area contributed by atoms with Crippen LogP contribution < -0.4 is 14.8 Å². The van der Waals surface area contributed by atoms with E-state index in [1.54, 1.807) is 14.2 Å². The maximum Gasteiger partial charge on any atom is 0.123 e. The van der Waals surface area contributed by atoms with E-state index in [0.29, 0.717) is 6.04 Å². The Hall–Kier alpha value is -1.26. The largest absolute Gasteiger partial charge is 0.497 e. The fraction of sp³-hybridized carbons (Fsp3) is 0.647. The molecule has 1 aliphatic rings. The molecule has 0 spiro atoms. The van der Waals surface area contributed by atoms with Crippen molar-refractivity contribution in [3.05, 3.63) is 23.8 Å². The summed E-state index contributed by atoms with van der Waals surface area (Å²) in [5, 5.41) is 13.4. The second kappa shape index (κ2) is 8.25. The molecule has 0 amide bonds. The molecule has 0 bridgehead atoms. The highest BCUT2D eigenvalue weighted by Crippen LogP contribution is 2.30. The molecule has 4 heteroatoms. The van der Waals surface area contributed by atoms with E-state index in [0.717, 1.165) is 17.1 Å². The van der Waals surface area contributed by atoms with Gasteiger partial charge in [-0.15, -0.1) is 0 Å². The molecule has 1 unspecified atom stereocenters. The SMILES string of the molecule is COc1ccc(OC)c(C(CO)NC2CCCCCC2)c1. The first-order valence-electron chi connectivity index (χ1n) is 7.87. The molecular formula is C17H27NO3. The van der Waals surface area contributed by atoms with Crippen LogP contribution in [-0.4, -0.2) is 32.0 Å². The average molecular weight is 293 g/mol. The molecule has 1 aliphatic carbocycles. The minimum absolute atomic E-state index is 0.0556. The van der Waals surface area contributed by atoms with Gasteiger partial charge in [-0.3, -0.25) is 0 Å². The van der Waals surface area contributed by atoms with Crippen LogP contribution in [0.1, 0.15) is 50.1 Å². The minimum Gasteiger partial charge on any atom is -0.497 e. The first-order valence-corrected chi connectivity index (χ1v) is 7.87. The predicted octanol–water partition coefficient (Wildman–Crippen LogP) is 3.05. The molecule has 1 fully saturated rings. The maximum atomic E-state index is 9.81. The zero-order chi connectivity index (χ0) is 15.1. The third-order valence-corrected chi connectivity index (χ3v) is 4.29. The van der Waals surface area contributed by atoms with Gasteiger partial charge < -0.3 is 19.9 Å². The van der Waals surface area contributed by atoms with Crippen molar-refractivity contribution in [3.63, 3.8) is 0 Å². The fourth-order valence-electron chi connectivity index (χ4n) is 3.08. The van der Waals surface area contributed by atoms with E-state index < -0.39 is 0 Å². The molecule has 21 heavy (non-hydrogen) atoms. The maximum absolute atomic E-state index is 9.81. The molecule has 2 rings (SSSR count). The molecule has 0 heterocycles. The minimum atomic E-state index is -0.113. The van der Waals surface area contributed by atoms with Gasteiger partial charge in [0.15, 0.2) is 0 Å². The zero-order valence-corrected chi connectivity index (χ0v) is 13.1. The van der Waals surface area contributed by atoms with Crippen LogP contribution in [0, 0.1) is 0 Å². The quantitative estimate of drug-likeness (QED) is 0.792. The number of hydrogen-bond donors (Lipinski definition) is 2. The first-order chi connectivity index (χ1) is 10.3. The van der Waals surface area contributed by atoms with Crippen LogP contribution in [0.2, 0.25) is 0 Å². The summed E-state index contributed by atoms with van der Waals surface area (Å²) >= 11 is 0. The molecule has 1 saturated carbocycles. The third kappa shape index (κ3) is 4.35. The number of hydrogen-bond acceptors (Lipinski definition) is 4. The van der Waals surface area contributed by atoms with Crippen molar-refractivity contribution in [2.75, 3.05) is 20.8 Å². The molecule has 0 aliphatic heterocycles. The molecule has 2 N–H and O–H groups in total. The Labute approximate surface area is 127 Å². The predicted molar refractivity (Wildman–Crippen MR) is 84.0 cm³/mol. The molecule has 0 aromatic heterocycles. The normalized spacial score (nSPS) is 18.0. The van der Waals surface area contributed by atoms with E-state index in [2.05, 4.69) is 5.32 Å². The Morgan fingerprint density at radius 1 is 1.14 bits per heavy atom.